The van der Waals surface area contributed by atoms with E-state index in [4.69, 9.17) is 5.73 Å². The molecule has 0 amide bonds. The largest absolute Gasteiger partial charge is 0.466 e. The molecule has 0 radical (unpaired) electrons. The van der Waals surface area contributed by atoms with Gasteiger partial charge in [-0.1, -0.05) is 0 Å². The Hall–Kier alpha value is -0.420. The maximum atomic E-state index is 12.0. The molecule has 13 heavy (non-hydrogen) atoms. The van der Waals surface area contributed by atoms with Crippen molar-refractivity contribution in [1.29, 1.82) is 0 Å². The van der Waals surface area contributed by atoms with Crippen LogP contribution in [0.15, 0.2) is 0 Å². The van der Waals surface area contributed by atoms with E-state index in [1.54, 1.807) is 6.92 Å². The van der Waals surface area contributed by atoms with E-state index in [1.165, 1.54) is 0 Å². The van der Waals surface area contributed by atoms with Gasteiger partial charge in [0.05, 0.1) is 13.0 Å². The Morgan fingerprint density at radius 2 is 2.08 bits per heavy atom. The first-order valence-electron chi connectivity index (χ1n) is 3.75. The quantitative estimate of drug-likeness (QED) is 0.704. The van der Waals surface area contributed by atoms with Gasteiger partial charge >= 0.3 is 5.97 Å². The van der Waals surface area contributed by atoms with Gasteiger partial charge in [-0.05, 0) is 6.92 Å². The third kappa shape index (κ3) is 6.72. The lowest BCUT2D eigenvalue weighted by atomic mass is 10.1. The molecule has 3 nitrogen and oxygen atoms in total. The van der Waals surface area contributed by atoms with Crippen LogP contribution in [0.3, 0.4) is 0 Å². The summed E-state index contributed by atoms with van der Waals surface area (Å²) in [5.74, 6) is -1.70. The molecular formula is C7H14ClF2NO2. The first-order chi connectivity index (χ1) is 5.61. The lowest BCUT2D eigenvalue weighted by molar-refractivity contribution is -0.145. The zero-order valence-electron chi connectivity index (χ0n) is 7.33. The number of rotatable bonds is 5. The van der Waals surface area contributed by atoms with Crippen LogP contribution in [0.5, 0.6) is 0 Å². The van der Waals surface area contributed by atoms with Gasteiger partial charge in [-0.25, -0.2) is 8.78 Å². The van der Waals surface area contributed by atoms with E-state index in [9.17, 15) is 13.6 Å². The van der Waals surface area contributed by atoms with Crippen molar-refractivity contribution in [2.45, 2.75) is 19.8 Å². The Balaban J connectivity index is 0. The Morgan fingerprint density at radius 3 is 2.38 bits per heavy atom. The van der Waals surface area contributed by atoms with Gasteiger partial charge in [0.2, 0.25) is 6.43 Å². The Bertz CT molecular complexity index is 146. The number of halogens is 3. The fourth-order valence-electron chi connectivity index (χ4n) is 0.709. The molecule has 0 saturated heterocycles. The van der Waals surface area contributed by atoms with Gasteiger partial charge in [-0.15, -0.1) is 12.4 Å². The summed E-state index contributed by atoms with van der Waals surface area (Å²) in [7, 11) is 0. The predicted molar refractivity (Wildman–Crippen MR) is 47.0 cm³/mol. The van der Waals surface area contributed by atoms with Crippen molar-refractivity contribution >= 4 is 18.4 Å². The molecule has 0 spiro atoms. The van der Waals surface area contributed by atoms with Gasteiger partial charge in [0.15, 0.2) is 0 Å². The second-order valence-corrected chi connectivity index (χ2v) is 2.34. The number of carbonyl (C=O) groups is 1. The minimum atomic E-state index is -2.56. The molecule has 0 saturated carbocycles. The van der Waals surface area contributed by atoms with Crippen LogP contribution >= 0.6 is 12.4 Å². The van der Waals surface area contributed by atoms with Crippen LogP contribution in [0.4, 0.5) is 8.78 Å². The summed E-state index contributed by atoms with van der Waals surface area (Å²) in [4.78, 5) is 10.7. The molecule has 0 aliphatic carbocycles. The van der Waals surface area contributed by atoms with Gasteiger partial charge in [0.1, 0.15) is 0 Å². The Labute approximate surface area is 82.0 Å². The molecule has 0 fully saturated rings. The summed E-state index contributed by atoms with van der Waals surface area (Å²) in [6, 6.07) is 0. The van der Waals surface area contributed by atoms with E-state index < -0.39 is 18.3 Å². The number of ether oxygens (including phenoxy) is 1. The first kappa shape index (κ1) is 15.1. The molecular weight excluding hydrogens is 204 g/mol. The lowest BCUT2D eigenvalue weighted by Gasteiger charge is -2.11. The number of hydrogen-bond donors (Lipinski definition) is 1. The average molecular weight is 218 g/mol. The highest BCUT2D eigenvalue weighted by atomic mass is 35.5. The molecule has 0 bridgehead atoms. The fraction of sp³-hybridized carbons (Fsp3) is 0.857. The predicted octanol–water partition coefficient (Wildman–Crippen LogP) is 1.20. The van der Waals surface area contributed by atoms with Gasteiger partial charge in [0.25, 0.3) is 0 Å². The number of carbonyl (C=O) groups excluding carboxylic acids is 1. The summed E-state index contributed by atoms with van der Waals surface area (Å²) < 4.78 is 28.5. The molecule has 0 aliphatic rings. The van der Waals surface area contributed by atoms with Crippen LogP contribution in [-0.2, 0) is 9.53 Å². The normalized spacial score (nSPS) is 12.1. The van der Waals surface area contributed by atoms with Crippen molar-refractivity contribution in [3.05, 3.63) is 0 Å². The molecule has 80 valence electrons. The minimum Gasteiger partial charge on any atom is -0.466 e. The van der Waals surface area contributed by atoms with Crippen LogP contribution < -0.4 is 5.73 Å². The van der Waals surface area contributed by atoms with Gasteiger partial charge in [0, 0.05) is 12.5 Å². The maximum Gasteiger partial charge on any atom is 0.306 e. The van der Waals surface area contributed by atoms with Gasteiger partial charge in [-0.3, -0.25) is 4.79 Å². The number of hydrogen-bond acceptors (Lipinski definition) is 3. The molecule has 1 atom stereocenters. The van der Waals surface area contributed by atoms with E-state index in [2.05, 4.69) is 4.74 Å². The maximum absolute atomic E-state index is 12.0. The lowest BCUT2D eigenvalue weighted by Crippen LogP contribution is -2.25. The molecule has 0 aliphatic heterocycles. The zero-order chi connectivity index (χ0) is 9.56. The molecule has 0 heterocycles. The van der Waals surface area contributed by atoms with Crippen LogP contribution in [0.1, 0.15) is 13.3 Å². The highest BCUT2D eigenvalue weighted by molar-refractivity contribution is 5.85. The monoisotopic (exact) mass is 217 g/mol. The first-order valence-corrected chi connectivity index (χ1v) is 3.75. The zero-order valence-corrected chi connectivity index (χ0v) is 8.15. The third-order valence-electron chi connectivity index (χ3n) is 1.39. The highest BCUT2D eigenvalue weighted by Gasteiger charge is 2.22. The highest BCUT2D eigenvalue weighted by Crippen LogP contribution is 2.12. The summed E-state index contributed by atoms with van der Waals surface area (Å²) in [6.07, 6.45) is -2.86. The average Bonchev–Trinajstić information content (AvgIpc) is 2.00. The van der Waals surface area contributed by atoms with E-state index >= 15 is 0 Å². The number of esters is 1. The van der Waals surface area contributed by atoms with E-state index in [-0.39, 0.29) is 32.0 Å². The topological polar surface area (TPSA) is 52.3 Å². The minimum absolute atomic E-state index is 0. The van der Waals surface area contributed by atoms with Crippen LogP contribution in [0.2, 0.25) is 0 Å². The van der Waals surface area contributed by atoms with Crippen molar-refractivity contribution < 1.29 is 18.3 Å². The molecule has 0 aromatic carbocycles. The molecule has 0 aromatic heterocycles. The van der Waals surface area contributed by atoms with Crippen molar-refractivity contribution in [2.75, 3.05) is 13.2 Å². The Kier molecular flexibility index (Phi) is 9.50. The van der Waals surface area contributed by atoms with Crippen molar-refractivity contribution in [3.63, 3.8) is 0 Å². The molecule has 0 rings (SSSR count). The fourth-order valence-corrected chi connectivity index (χ4v) is 0.709. The molecule has 0 aromatic rings. The standard InChI is InChI=1S/C7H13F2NO2.ClH/c1-2-12-6(11)3-5(4-10)7(8)9;/h5,7H,2-4,10H2,1H3;1H. The molecule has 2 N–H and O–H groups in total. The molecule has 1 unspecified atom stereocenters. The second-order valence-electron chi connectivity index (χ2n) is 2.34. The summed E-state index contributed by atoms with van der Waals surface area (Å²) in [5, 5.41) is 0. The summed E-state index contributed by atoms with van der Waals surface area (Å²) in [6.45, 7) is 1.63. The molecule has 6 heteroatoms. The van der Waals surface area contributed by atoms with Crippen LogP contribution in [-0.4, -0.2) is 25.5 Å². The summed E-state index contributed by atoms with van der Waals surface area (Å²) >= 11 is 0. The van der Waals surface area contributed by atoms with E-state index in [0.29, 0.717) is 0 Å². The smallest absolute Gasteiger partial charge is 0.306 e. The van der Waals surface area contributed by atoms with E-state index in [1.807, 2.05) is 0 Å². The summed E-state index contributed by atoms with van der Waals surface area (Å²) in [5.41, 5.74) is 5.03. The van der Waals surface area contributed by atoms with Gasteiger partial charge in [-0.2, -0.15) is 0 Å². The number of nitrogens with two attached hydrogens (primary N) is 1. The van der Waals surface area contributed by atoms with Gasteiger partial charge < -0.3 is 10.5 Å². The SMILES string of the molecule is CCOC(=O)CC(CN)C(F)F.Cl. The van der Waals surface area contributed by atoms with Crippen molar-refractivity contribution in [3.8, 4) is 0 Å². The van der Waals surface area contributed by atoms with Crippen molar-refractivity contribution in [1.82, 2.24) is 0 Å². The van der Waals surface area contributed by atoms with Crippen LogP contribution in [0, 0.1) is 5.92 Å². The van der Waals surface area contributed by atoms with E-state index in [0.717, 1.165) is 0 Å². The van der Waals surface area contributed by atoms with Crippen molar-refractivity contribution in [2.24, 2.45) is 11.7 Å². The third-order valence-corrected chi connectivity index (χ3v) is 1.39. The second kappa shape index (κ2) is 8.19. The van der Waals surface area contributed by atoms with Crippen LogP contribution in [0.25, 0.3) is 0 Å². The number of alkyl halides is 2. The Morgan fingerprint density at radius 1 is 1.54 bits per heavy atom.